The highest BCUT2D eigenvalue weighted by molar-refractivity contribution is 5.33. The minimum Gasteiger partial charge on any atom is -0.363 e. The lowest BCUT2D eigenvalue weighted by Gasteiger charge is -2.29. The van der Waals surface area contributed by atoms with Crippen molar-refractivity contribution in [3.8, 4) is 0 Å². The molecule has 0 amide bonds. The summed E-state index contributed by atoms with van der Waals surface area (Å²) in [6, 6.07) is 0.812. The molecule has 0 bridgehead atoms. The van der Waals surface area contributed by atoms with Gasteiger partial charge in [-0.25, -0.2) is 4.98 Å². The van der Waals surface area contributed by atoms with Crippen LogP contribution in [0.2, 0.25) is 0 Å². The van der Waals surface area contributed by atoms with Crippen LogP contribution in [0.4, 0.5) is 5.82 Å². The van der Waals surface area contributed by atoms with Crippen LogP contribution in [0, 0.1) is 0 Å². The first-order chi connectivity index (χ1) is 8.88. The van der Waals surface area contributed by atoms with E-state index in [-0.39, 0.29) is 11.1 Å². The molecule has 1 aliphatic rings. The summed E-state index contributed by atoms with van der Waals surface area (Å²) in [6.45, 7) is 9.21. The molecule has 0 radical (unpaired) electrons. The van der Waals surface area contributed by atoms with Crippen LogP contribution in [0.1, 0.15) is 40.5 Å². The summed E-state index contributed by atoms with van der Waals surface area (Å²) < 4.78 is 1.73. The second-order valence-corrected chi connectivity index (χ2v) is 6.34. The molecule has 2 atom stereocenters. The van der Waals surface area contributed by atoms with Crippen molar-refractivity contribution in [2.45, 2.75) is 58.2 Å². The summed E-state index contributed by atoms with van der Waals surface area (Å²) in [6.07, 6.45) is 5.49. The first-order valence-electron chi connectivity index (χ1n) is 6.96. The van der Waals surface area contributed by atoms with Crippen molar-refractivity contribution in [1.29, 1.82) is 0 Å². The molecule has 0 aliphatic carbocycles. The minimum absolute atomic E-state index is 0.0406. The van der Waals surface area contributed by atoms with Gasteiger partial charge in [0.05, 0.1) is 0 Å². The van der Waals surface area contributed by atoms with E-state index >= 15 is 0 Å². The molecule has 1 aromatic rings. The summed E-state index contributed by atoms with van der Waals surface area (Å²) in [5.41, 5.74) is -0.265. The Labute approximate surface area is 114 Å². The summed E-state index contributed by atoms with van der Waals surface area (Å²) in [7, 11) is 0. The molecule has 106 valence electrons. The van der Waals surface area contributed by atoms with Gasteiger partial charge in [0.15, 0.2) is 5.82 Å². The first kappa shape index (κ1) is 14.1. The Balaban J connectivity index is 2.19. The molecule has 1 saturated heterocycles. The van der Waals surface area contributed by atoms with Gasteiger partial charge in [-0.15, -0.1) is 0 Å². The Morgan fingerprint density at radius 2 is 2.21 bits per heavy atom. The standard InChI is InChI=1S/C14H24N4O/c1-10-9-11(5-6-15-10)17-12-13(19)18(8-7-16-12)14(2,3)4/h7-8,10-11,15H,5-6,9H2,1-4H3,(H,16,17). The van der Waals surface area contributed by atoms with Crippen molar-refractivity contribution < 1.29 is 0 Å². The van der Waals surface area contributed by atoms with Crippen molar-refractivity contribution in [3.63, 3.8) is 0 Å². The van der Waals surface area contributed by atoms with Gasteiger partial charge in [-0.2, -0.15) is 0 Å². The quantitative estimate of drug-likeness (QED) is 0.851. The molecule has 1 aliphatic heterocycles. The maximum absolute atomic E-state index is 12.4. The fourth-order valence-electron chi connectivity index (χ4n) is 2.50. The average molecular weight is 264 g/mol. The molecule has 19 heavy (non-hydrogen) atoms. The molecule has 2 N–H and O–H groups in total. The van der Waals surface area contributed by atoms with E-state index in [1.165, 1.54) is 0 Å². The molecule has 2 unspecified atom stereocenters. The summed E-state index contributed by atoms with van der Waals surface area (Å²) in [5.74, 6) is 0.469. The Hall–Kier alpha value is -1.36. The van der Waals surface area contributed by atoms with Crippen LogP contribution in [-0.2, 0) is 5.54 Å². The van der Waals surface area contributed by atoms with Crippen LogP contribution in [0.5, 0.6) is 0 Å². The van der Waals surface area contributed by atoms with Crippen molar-refractivity contribution in [2.24, 2.45) is 0 Å². The molecule has 5 heteroatoms. The number of nitrogens with one attached hydrogen (secondary N) is 2. The van der Waals surface area contributed by atoms with Gasteiger partial charge in [0, 0.05) is 30.0 Å². The predicted octanol–water partition coefficient (Wildman–Crippen LogP) is 1.55. The van der Waals surface area contributed by atoms with Crippen LogP contribution in [0.25, 0.3) is 0 Å². The minimum atomic E-state index is -0.224. The molecule has 2 heterocycles. The van der Waals surface area contributed by atoms with Gasteiger partial charge < -0.3 is 15.2 Å². The van der Waals surface area contributed by atoms with Gasteiger partial charge in [0.2, 0.25) is 0 Å². The van der Waals surface area contributed by atoms with Gasteiger partial charge in [0.1, 0.15) is 0 Å². The number of rotatable bonds is 2. The zero-order valence-electron chi connectivity index (χ0n) is 12.2. The number of nitrogens with zero attached hydrogens (tertiary/aromatic N) is 2. The van der Waals surface area contributed by atoms with Gasteiger partial charge in [-0.3, -0.25) is 4.79 Å². The maximum atomic E-state index is 12.4. The molecule has 0 aromatic carbocycles. The highest BCUT2D eigenvalue weighted by Crippen LogP contribution is 2.14. The van der Waals surface area contributed by atoms with Gasteiger partial charge >= 0.3 is 0 Å². The van der Waals surface area contributed by atoms with E-state index in [0.29, 0.717) is 17.9 Å². The zero-order valence-corrected chi connectivity index (χ0v) is 12.2. The van der Waals surface area contributed by atoms with Crippen LogP contribution in [0.15, 0.2) is 17.2 Å². The topological polar surface area (TPSA) is 59.0 Å². The van der Waals surface area contributed by atoms with Crippen molar-refractivity contribution in [3.05, 3.63) is 22.7 Å². The van der Waals surface area contributed by atoms with Crippen LogP contribution >= 0.6 is 0 Å². The van der Waals surface area contributed by atoms with Crippen molar-refractivity contribution in [1.82, 2.24) is 14.9 Å². The SMILES string of the molecule is CC1CC(Nc2nccn(C(C)(C)C)c2=O)CCN1. The predicted molar refractivity (Wildman–Crippen MR) is 77.6 cm³/mol. The fraction of sp³-hybridized carbons (Fsp3) is 0.714. The van der Waals surface area contributed by atoms with Gasteiger partial charge in [0.25, 0.3) is 5.56 Å². The van der Waals surface area contributed by atoms with Crippen LogP contribution < -0.4 is 16.2 Å². The average Bonchev–Trinajstić information content (AvgIpc) is 2.30. The highest BCUT2D eigenvalue weighted by Gasteiger charge is 2.21. The lowest BCUT2D eigenvalue weighted by atomic mass is 10.0. The lowest BCUT2D eigenvalue weighted by Crippen LogP contribution is -2.43. The molecule has 1 fully saturated rings. The number of anilines is 1. The molecule has 5 nitrogen and oxygen atoms in total. The van der Waals surface area contributed by atoms with E-state index in [0.717, 1.165) is 19.4 Å². The lowest BCUT2D eigenvalue weighted by molar-refractivity contribution is 0.379. The molecule has 0 saturated carbocycles. The molecular weight excluding hydrogens is 240 g/mol. The molecule has 2 rings (SSSR count). The number of hydrogen-bond acceptors (Lipinski definition) is 4. The van der Waals surface area contributed by atoms with Crippen molar-refractivity contribution >= 4 is 5.82 Å². The third kappa shape index (κ3) is 3.35. The first-order valence-corrected chi connectivity index (χ1v) is 6.96. The summed E-state index contributed by atoms with van der Waals surface area (Å²) in [4.78, 5) is 16.6. The Kier molecular flexibility index (Phi) is 3.94. The smallest absolute Gasteiger partial charge is 0.293 e. The van der Waals surface area contributed by atoms with E-state index < -0.39 is 0 Å². The third-order valence-electron chi connectivity index (χ3n) is 3.53. The summed E-state index contributed by atoms with van der Waals surface area (Å²) >= 11 is 0. The maximum Gasteiger partial charge on any atom is 0.293 e. The summed E-state index contributed by atoms with van der Waals surface area (Å²) in [5, 5.41) is 6.71. The molecule has 0 spiro atoms. The third-order valence-corrected chi connectivity index (χ3v) is 3.53. The Bertz CT molecular complexity index is 489. The zero-order chi connectivity index (χ0) is 14.0. The second-order valence-electron chi connectivity index (χ2n) is 6.34. The monoisotopic (exact) mass is 264 g/mol. The number of hydrogen-bond donors (Lipinski definition) is 2. The normalized spacial score (nSPS) is 24.2. The van der Waals surface area contributed by atoms with E-state index in [1.807, 2.05) is 20.8 Å². The largest absolute Gasteiger partial charge is 0.363 e. The second kappa shape index (κ2) is 5.33. The molecular formula is C14H24N4O. The van der Waals surface area contributed by atoms with Gasteiger partial charge in [-0.05, 0) is 47.1 Å². The van der Waals surface area contributed by atoms with E-state index in [9.17, 15) is 4.79 Å². The van der Waals surface area contributed by atoms with Crippen LogP contribution in [-0.4, -0.2) is 28.2 Å². The highest BCUT2D eigenvalue weighted by atomic mass is 16.1. The van der Waals surface area contributed by atoms with Crippen molar-refractivity contribution in [2.75, 3.05) is 11.9 Å². The van der Waals surface area contributed by atoms with E-state index in [1.54, 1.807) is 17.0 Å². The Morgan fingerprint density at radius 3 is 2.84 bits per heavy atom. The fourth-order valence-corrected chi connectivity index (χ4v) is 2.50. The number of aromatic nitrogens is 2. The van der Waals surface area contributed by atoms with E-state index in [2.05, 4.69) is 22.5 Å². The van der Waals surface area contributed by atoms with Crippen LogP contribution in [0.3, 0.4) is 0 Å². The van der Waals surface area contributed by atoms with Gasteiger partial charge in [-0.1, -0.05) is 0 Å². The Morgan fingerprint density at radius 1 is 1.47 bits per heavy atom. The number of piperidine rings is 1. The molecule has 1 aromatic heterocycles. The van der Waals surface area contributed by atoms with E-state index in [4.69, 9.17) is 0 Å².